The van der Waals surface area contributed by atoms with E-state index in [1.54, 1.807) is 30.0 Å². The van der Waals surface area contributed by atoms with E-state index in [1.165, 1.54) is 24.1 Å². The van der Waals surface area contributed by atoms with E-state index >= 15 is 0 Å². The number of alkyl halides is 3. The molecule has 1 saturated heterocycles. The number of aromatic amines is 1. The maximum atomic E-state index is 13.6. The van der Waals surface area contributed by atoms with E-state index in [9.17, 15) is 32.3 Å². The number of aromatic nitrogens is 2. The van der Waals surface area contributed by atoms with Crippen LogP contribution in [0.2, 0.25) is 0 Å². The lowest BCUT2D eigenvalue weighted by atomic mass is 10.3. The SMILES string of the molecule is CC#CCN1c2c(n(C)c(=O)[nH]c2=O)N(C(OC(=O)C(F)(F)F)C(=O)Nc2ccccc2)C1N1CCNCC1. The monoisotopic (exact) mass is 549 g/mol. The molecular formula is C24H26F3N7O5. The molecule has 0 saturated carbocycles. The Balaban J connectivity index is 1.93. The number of ether oxygens (including phenoxy) is 1. The minimum Gasteiger partial charge on any atom is -0.425 e. The summed E-state index contributed by atoms with van der Waals surface area (Å²) >= 11 is 0. The number of anilines is 3. The van der Waals surface area contributed by atoms with Crippen molar-refractivity contribution in [2.75, 3.05) is 47.8 Å². The number of nitrogens with zero attached hydrogens (tertiary/aromatic N) is 4. The van der Waals surface area contributed by atoms with Gasteiger partial charge in [0.15, 0.2) is 6.29 Å². The number of para-hydroxylation sites is 1. The number of halogens is 3. The fourth-order valence-corrected chi connectivity index (χ4v) is 4.50. The van der Waals surface area contributed by atoms with E-state index in [0.29, 0.717) is 26.2 Å². The zero-order chi connectivity index (χ0) is 28.3. The molecule has 2 aromatic rings. The number of rotatable bonds is 6. The molecule has 1 fully saturated rings. The molecule has 0 radical (unpaired) electrons. The molecule has 15 heteroatoms. The van der Waals surface area contributed by atoms with Crippen LogP contribution >= 0.6 is 0 Å². The number of benzene rings is 1. The van der Waals surface area contributed by atoms with Crippen LogP contribution in [0.5, 0.6) is 0 Å². The van der Waals surface area contributed by atoms with Gasteiger partial charge in [-0.1, -0.05) is 24.1 Å². The van der Waals surface area contributed by atoms with Crippen molar-refractivity contribution in [1.82, 2.24) is 19.8 Å². The van der Waals surface area contributed by atoms with Crippen LogP contribution in [-0.2, 0) is 21.4 Å². The molecule has 39 heavy (non-hydrogen) atoms. The number of nitrogens with one attached hydrogen (secondary N) is 3. The zero-order valence-corrected chi connectivity index (χ0v) is 21.0. The maximum Gasteiger partial charge on any atom is 0.491 e. The maximum absolute atomic E-state index is 13.6. The number of esters is 1. The predicted molar refractivity (Wildman–Crippen MR) is 135 cm³/mol. The Morgan fingerprint density at radius 2 is 1.85 bits per heavy atom. The zero-order valence-electron chi connectivity index (χ0n) is 21.0. The lowest BCUT2D eigenvalue weighted by molar-refractivity contribution is -0.205. The molecule has 0 spiro atoms. The topological polar surface area (TPSA) is 132 Å². The van der Waals surface area contributed by atoms with Gasteiger partial charge in [0.2, 0.25) is 0 Å². The summed E-state index contributed by atoms with van der Waals surface area (Å²) in [4.78, 5) is 57.9. The standard InChI is InChI=1S/C24H26F3N7O5/c1-3-4-12-33-16-17(35)30-22(38)31(2)19(16)34(23(33)32-13-10-28-11-14-32)20(39-21(37)24(25,26)27)18(36)29-15-8-6-5-7-9-15/h5-9,20,23,28H,10-14H2,1-2H3,(H,29,36)(H,30,35,38). The van der Waals surface area contributed by atoms with Gasteiger partial charge in [-0.3, -0.25) is 28.9 Å². The first-order valence-electron chi connectivity index (χ1n) is 11.9. The van der Waals surface area contributed by atoms with Gasteiger partial charge < -0.3 is 20.3 Å². The molecule has 2 atom stereocenters. The number of carbonyl (C=O) groups is 2. The highest BCUT2D eigenvalue weighted by Crippen LogP contribution is 2.39. The first kappa shape index (κ1) is 27.7. The molecule has 1 amide bonds. The Labute approximate surface area is 220 Å². The summed E-state index contributed by atoms with van der Waals surface area (Å²) < 4.78 is 46.0. The number of carbonyl (C=O) groups excluding carboxylic acids is 2. The van der Waals surface area contributed by atoms with Crippen LogP contribution in [0.1, 0.15) is 6.92 Å². The Hall–Kier alpha value is -4.29. The number of piperazine rings is 1. The van der Waals surface area contributed by atoms with Crippen molar-refractivity contribution < 1.29 is 27.5 Å². The smallest absolute Gasteiger partial charge is 0.425 e. The quantitative estimate of drug-likeness (QED) is 0.336. The molecule has 12 nitrogen and oxygen atoms in total. The van der Waals surface area contributed by atoms with Crippen LogP contribution in [0.4, 0.5) is 30.4 Å². The second-order valence-electron chi connectivity index (χ2n) is 8.70. The molecule has 2 aliphatic heterocycles. The highest BCUT2D eigenvalue weighted by atomic mass is 19.4. The summed E-state index contributed by atoms with van der Waals surface area (Å²) in [5.74, 6) is 1.61. The second-order valence-corrected chi connectivity index (χ2v) is 8.70. The van der Waals surface area contributed by atoms with Crippen LogP contribution in [0.15, 0.2) is 39.9 Å². The van der Waals surface area contributed by atoms with Gasteiger partial charge >= 0.3 is 17.8 Å². The van der Waals surface area contributed by atoms with Gasteiger partial charge in [-0.25, -0.2) is 9.59 Å². The summed E-state index contributed by atoms with van der Waals surface area (Å²) in [6, 6.07) is 7.85. The molecule has 2 unspecified atom stereocenters. The fraction of sp³-hybridized carbons (Fsp3) is 0.417. The average molecular weight is 550 g/mol. The van der Waals surface area contributed by atoms with E-state index in [1.807, 2.05) is 0 Å². The van der Waals surface area contributed by atoms with Crippen LogP contribution in [0.25, 0.3) is 0 Å². The Kier molecular flexibility index (Phi) is 7.98. The highest BCUT2D eigenvalue weighted by molar-refractivity contribution is 5.98. The van der Waals surface area contributed by atoms with Crippen LogP contribution in [0, 0.1) is 11.8 Å². The lowest BCUT2D eigenvalue weighted by Gasteiger charge is -2.43. The molecule has 4 rings (SSSR count). The number of hydrogen-bond acceptors (Lipinski definition) is 9. The molecule has 0 aliphatic carbocycles. The van der Waals surface area contributed by atoms with E-state index in [2.05, 4.69) is 27.5 Å². The molecule has 1 aromatic heterocycles. The van der Waals surface area contributed by atoms with E-state index in [0.717, 1.165) is 9.47 Å². The van der Waals surface area contributed by atoms with Crippen molar-refractivity contribution in [1.29, 1.82) is 0 Å². The van der Waals surface area contributed by atoms with Crippen molar-refractivity contribution in [2.24, 2.45) is 7.05 Å². The van der Waals surface area contributed by atoms with Gasteiger partial charge in [-0.15, -0.1) is 5.92 Å². The molecule has 3 N–H and O–H groups in total. The van der Waals surface area contributed by atoms with E-state index in [-0.39, 0.29) is 23.7 Å². The first-order chi connectivity index (χ1) is 18.5. The van der Waals surface area contributed by atoms with E-state index < -0.39 is 41.8 Å². The molecule has 2 aliphatic rings. The summed E-state index contributed by atoms with van der Waals surface area (Å²) in [7, 11) is 1.28. The Bertz CT molecular complexity index is 1410. The molecule has 1 aromatic carbocycles. The number of hydrogen-bond donors (Lipinski definition) is 3. The van der Waals surface area contributed by atoms with Crippen LogP contribution in [0.3, 0.4) is 0 Å². The molecular weight excluding hydrogens is 523 g/mol. The van der Waals surface area contributed by atoms with Crippen molar-refractivity contribution in [3.8, 4) is 11.8 Å². The van der Waals surface area contributed by atoms with Crippen LogP contribution < -0.4 is 31.7 Å². The van der Waals surface area contributed by atoms with Crippen molar-refractivity contribution >= 4 is 29.1 Å². The normalized spacial score (nSPS) is 18.1. The summed E-state index contributed by atoms with van der Waals surface area (Å²) in [5.41, 5.74) is -1.60. The lowest BCUT2D eigenvalue weighted by Crippen LogP contribution is -2.64. The second kappa shape index (κ2) is 11.2. The van der Waals surface area contributed by atoms with Crippen molar-refractivity contribution in [3.63, 3.8) is 0 Å². The van der Waals surface area contributed by atoms with Gasteiger partial charge in [0.25, 0.3) is 17.7 Å². The van der Waals surface area contributed by atoms with Gasteiger partial charge in [0.05, 0.1) is 6.54 Å². The van der Waals surface area contributed by atoms with Gasteiger partial charge in [-0.2, -0.15) is 13.2 Å². The Morgan fingerprint density at radius 1 is 1.18 bits per heavy atom. The number of H-pyrrole nitrogens is 1. The van der Waals surface area contributed by atoms with Gasteiger partial charge in [0.1, 0.15) is 11.5 Å². The highest BCUT2D eigenvalue weighted by Gasteiger charge is 2.52. The number of fused-ring (bicyclic) bond motifs is 1. The van der Waals surface area contributed by atoms with Gasteiger partial charge in [-0.05, 0) is 19.1 Å². The first-order valence-corrected chi connectivity index (χ1v) is 11.9. The van der Waals surface area contributed by atoms with Gasteiger partial charge in [0, 0.05) is 38.9 Å². The minimum atomic E-state index is -5.42. The predicted octanol–water partition coefficient (Wildman–Crippen LogP) is -0.0176. The third kappa shape index (κ3) is 5.61. The van der Waals surface area contributed by atoms with Crippen LogP contribution in [-0.4, -0.2) is 77.7 Å². The fourth-order valence-electron chi connectivity index (χ4n) is 4.50. The average Bonchev–Trinajstić information content (AvgIpc) is 3.24. The molecule has 3 heterocycles. The minimum absolute atomic E-state index is 0.0733. The molecule has 208 valence electrons. The number of amides is 1. The largest absolute Gasteiger partial charge is 0.491 e. The van der Waals surface area contributed by atoms with Crippen molar-refractivity contribution in [2.45, 2.75) is 25.6 Å². The molecule has 0 bridgehead atoms. The Morgan fingerprint density at radius 3 is 2.46 bits per heavy atom. The summed E-state index contributed by atoms with van der Waals surface area (Å²) in [5, 5.41) is 5.62. The summed E-state index contributed by atoms with van der Waals surface area (Å²) in [6.45, 7) is 3.20. The third-order valence-electron chi connectivity index (χ3n) is 6.20. The third-order valence-corrected chi connectivity index (χ3v) is 6.20. The van der Waals surface area contributed by atoms with E-state index in [4.69, 9.17) is 4.74 Å². The summed E-state index contributed by atoms with van der Waals surface area (Å²) in [6.07, 6.45) is -8.76. The van der Waals surface area contributed by atoms with Crippen molar-refractivity contribution in [3.05, 3.63) is 51.2 Å².